The second-order valence-electron chi connectivity index (χ2n) is 6.42. The SMILES string of the molecule is COc1cccc(NS(=O)(=O)c2ccc(NC(=O)C(C)Sc3ccccc3)cc2)c1. The summed E-state index contributed by atoms with van der Waals surface area (Å²) in [5.41, 5.74) is 0.930. The Kier molecular flexibility index (Phi) is 7.02. The Hall–Kier alpha value is -2.97. The van der Waals surface area contributed by atoms with Crippen LogP contribution in [0.3, 0.4) is 0 Å². The first-order valence-electron chi connectivity index (χ1n) is 9.17. The molecule has 0 aliphatic rings. The molecule has 8 heteroatoms. The molecule has 0 saturated heterocycles. The lowest BCUT2D eigenvalue weighted by atomic mass is 10.3. The highest BCUT2D eigenvalue weighted by molar-refractivity contribution is 8.00. The van der Waals surface area contributed by atoms with Gasteiger partial charge in [0, 0.05) is 16.6 Å². The van der Waals surface area contributed by atoms with Crippen molar-refractivity contribution in [3.05, 3.63) is 78.9 Å². The van der Waals surface area contributed by atoms with E-state index in [1.807, 2.05) is 37.3 Å². The average Bonchev–Trinajstić information content (AvgIpc) is 2.74. The number of rotatable bonds is 8. The molecular weight excluding hydrogens is 420 g/mol. The number of thioether (sulfide) groups is 1. The van der Waals surface area contributed by atoms with Crippen molar-refractivity contribution >= 4 is 39.1 Å². The number of benzene rings is 3. The fourth-order valence-corrected chi connectivity index (χ4v) is 4.56. The fraction of sp³-hybridized carbons (Fsp3) is 0.136. The van der Waals surface area contributed by atoms with Gasteiger partial charge in [-0.2, -0.15) is 0 Å². The van der Waals surface area contributed by atoms with E-state index in [2.05, 4.69) is 10.0 Å². The number of anilines is 2. The van der Waals surface area contributed by atoms with Crippen LogP contribution in [0, 0.1) is 0 Å². The molecule has 1 amide bonds. The first-order valence-corrected chi connectivity index (χ1v) is 11.5. The van der Waals surface area contributed by atoms with E-state index in [1.54, 1.807) is 36.4 Å². The largest absolute Gasteiger partial charge is 0.497 e. The highest BCUT2D eigenvalue weighted by Crippen LogP contribution is 2.25. The van der Waals surface area contributed by atoms with Gasteiger partial charge in [-0.1, -0.05) is 24.3 Å². The van der Waals surface area contributed by atoms with Crippen LogP contribution >= 0.6 is 11.8 Å². The van der Waals surface area contributed by atoms with E-state index in [9.17, 15) is 13.2 Å². The molecule has 1 unspecified atom stereocenters. The molecular formula is C22H22N2O4S2. The van der Waals surface area contributed by atoms with Crippen molar-refractivity contribution < 1.29 is 17.9 Å². The third-order valence-electron chi connectivity index (χ3n) is 4.18. The van der Waals surface area contributed by atoms with E-state index < -0.39 is 10.0 Å². The summed E-state index contributed by atoms with van der Waals surface area (Å²) in [6.07, 6.45) is 0. The Labute approximate surface area is 180 Å². The number of nitrogens with one attached hydrogen (secondary N) is 2. The van der Waals surface area contributed by atoms with Crippen LogP contribution in [0.1, 0.15) is 6.92 Å². The molecule has 0 heterocycles. The van der Waals surface area contributed by atoms with E-state index in [4.69, 9.17) is 4.74 Å². The minimum absolute atomic E-state index is 0.0926. The molecule has 0 saturated carbocycles. The quantitative estimate of drug-likeness (QED) is 0.498. The highest BCUT2D eigenvalue weighted by Gasteiger charge is 2.17. The topological polar surface area (TPSA) is 84.5 Å². The molecule has 0 aliphatic carbocycles. The maximum Gasteiger partial charge on any atom is 0.261 e. The normalized spacial score (nSPS) is 12.1. The summed E-state index contributed by atoms with van der Waals surface area (Å²) in [6, 6.07) is 22.4. The molecule has 2 N–H and O–H groups in total. The van der Waals surface area contributed by atoms with Gasteiger partial charge in [-0.05, 0) is 55.5 Å². The number of carbonyl (C=O) groups is 1. The first kappa shape index (κ1) is 21.7. The summed E-state index contributed by atoms with van der Waals surface area (Å²) in [5, 5.41) is 2.51. The monoisotopic (exact) mass is 442 g/mol. The lowest BCUT2D eigenvalue weighted by molar-refractivity contribution is -0.115. The zero-order valence-corrected chi connectivity index (χ0v) is 18.2. The third kappa shape index (κ3) is 5.77. The Morgan fingerprint density at radius 2 is 1.63 bits per heavy atom. The standard InChI is InChI=1S/C22H22N2O4S2/c1-16(29-20-9-4-3-5-10-20)22(25)23-17-11-13-21(14-12-17)30(26,27)24-18-7-6-8-19(15-18)28-2/h3-16,24H,1-2H3,(H,23,25). The van der Waals surface area contributed by atoms with Crippen LogP contribution in [-0.2, 0) is 14.8 Å². The van der Waals surface area contributed by atoms with Crippen LogP contribution in [0.2, 0.25) is 0 Å². The maximum atomic E-state index is 12.6. The predicted molar refractivity (Wildman–Crippen MR) is 121 cm³/mol. The molecule has 3 rings (SSSR count). The average molecular weight is 443 g/mol. The predicted octanol–water partition coefficient (Wildman–Crippen LogP) is 4.62. The number of hydrogen-bond acceptors (Lipinski definition) is 5. The second-order valence-corrected chi connectivity index (χ2v) is 9.52. The van der Waals surface area contributed by atoms with E-state index in [1.165, 1.54) is 31.0 Å². The Morgan fingerprint density at radius 3 is 2.30 bits per heavy atom. The summed E-state index contributed by atoms with van der Waals surface area (Å²) in [4.78, 5) is 13.5. The van der Waals surface area contributed by atoms with Gasteiger partial charge in [0.05, 0.1) is 22.9 Å². The smallest absolute Gasteiger partial charge is 0.261 e. The molecule has 0 fully saturated rings. The molecule has 3 aromatic carbocycles. The van der Waals surface area contributed by atoms with Crippen LogP contribution in [0.15, 0.2) is 88.7 Å². The number of hydrogen-bond donors (Lipinski definition) is 2. The number of carbonyl (C=O) groups excluding carboxylic acids is 1. The zero-order valence-electron chi connectivity index (χ0n) is 16.5. The zero-order chi connectivity index (χ0) is 21.6. The van der Waals surface area contributed by atoms with Crippen LogP contribution in [-0.4, -0.2) is 26.7 Å². The van der Waals surface area contributed by atoms with Crippen LogP contribution in [0.4, 0.5) is 11.4 Å². The maximum absolute atomic E-state index is 12.6. The molecule has 3 aromatic rings. The Balaban J connectivity index is 1.64. The number of sulfonamides is 1. The lowest BCUT2D eigenvalue weighted by Crippen LogP contribution is -2.22. The second kappa shape index (κ2) is 9.69. The number of ether oxygens (including phenoxy) is 1. The molecule has 30 heavy (non-hydrogen) atoms. The molecule has 0 radical (unpaired) electrons. The van der Waals surface area contributed by atoms with Gasteiger partial charge in [0.2, 0.25) is 5.91 Å². The van der Waals surface area contributed by atoms with Crippen molar-refractivity contribution in [3.63, 3.8) is 0 Å². The van der Waals surface area contributed by atoms with Gasteiger partial charge in [0.25, 0.3) is 10.0 Å². The van der Waals surface area contributed by atoms with Crippen molar-refractivity contribution in [2.45, 2.75) is 22.0 Å². The van der Waals surface area contributed by atoms with Gasteiger partial charge < -0.3 is 10.1 Å². The van der Waals surface area contributed by atoms with Crippen LogP contribution in [0.25, 0.3) is 0 Å². The first-order chi connectivity index (χ1) is 14.4. The number of amides is 1. The molecule has 0 aliphatic heterocycles. The summed E-state index contributed by atoms with van der Waals surface area (Å²) < 4.78 is 32.8. The van der Waals surface area contributed by atoms with Gasteiger partial charge in [0.15, 0.2) is 0 Å². The summed E-state index contributed by atoms with van der Waals surface area (Å²) in [7, 11) is -2.25. The minimum atomic E-state index is -3.76. The van der Waals surface area contributed by atoms with E-state index in [-0.39, 0.29) is 16.1 Å². The van der Waals surface area contributed by atoms with Gasteiger partial charge in [-0.3, -0.25) is 9.52 Å². The van der Waals surface area contributed by atoms with Crippen molar-refractivity contribution in [1.29, 1.82) is 0 Å². The number of methoxy groups -OCH3 is 1. The lowest BCUT2D eigenvalue weighted by Gasteiger charge is -2.13. The molecule has 0 bridgehead atoms. The van der Waals surface area contributed by atoms with Crippen molar-refractivity contribution in [2.24, 2.45) is 0 Å². The molecule has 156 valence electrons. The fourth-order valence-electron chi connectivity index (χ4n) is 2.62. The van der Waals surface area contributed by atoms with E-state index in [0.717, 1.165) is 4.90 Å². The summed E-state index contributed by atoms with van der Waals surface area (Å²) in [5.74, 6) is 0.393. The van der Waals surface area contributed by atoms with E-state index >= 15 is 0 Å². The molecule has 6 nitrogen and oxygen atoms in total. The minimum Gasteiger partial charge on any atom is -0.497 e. The summed E-state index contributed by atoms with van der Waals surface area (Å²) in [6.45, 7) is 1.82. The molecule has 1 atom stereocenters. The molecule has 0 aromatic heterocycles. The van der Waals surface area contributed by atoms with Gasteiger partial charge in [0.1, 0.15) is 5.75 Å². The van der Waals surface area contributed by atoms with Gasteiger partial charge in [-0.15, -0.1) is 11.8 Å². The van der Waals surface area contributed by atoms with Crippen molar-refractivity contribution in [2.75, 3.05) is 17.1 Å². The Morgan fingerprint density at radius 1 is 0.933 bits per heavy atom. The van der Waals surface area contributed by atoms with Gasteiger partial charge >= 0.3 is 0 Å². The van der Waals surface area contributed by atoms with Gasteiger partial charge in [-0.25, -0.2) is 8.42 Å². The third-order valence-corrected chi connectivity index (χ3v) is 6.69. The van der Waals surface area contributed by atoms with Crippen molar-refractivity contribution in [3.8, 4) is 5.75 Å². The molecule has 0 spiro atoms. The summed E-state index contributed by atoms with van der Waals surface area (Å²) >= 11 is 1.45. The highest BCUT2D eigenvalue weighted by atomic mass is 32.2. The van der Waals surface area contributed by atoms with Crippen LogP contribution < -0.4 is 14.8 Å². The Bertz CT molecular complexity index is 1100. The van der Waals surface area contributed by atoms with Crippen molar-refractivity contribution in [1.82, 2.24) is 0 Å². The van der Waals surface area contributed by atoms with Crippen LogP contribution in [0.5, 0.6) is 5.75 Å². The van der Waals surface area contributed by atoms with E-state index in [0.29, 0.717) is 17.1 Å².